The van der Waals surface area contributed by atoms with Gasteiger partial charge in [-0.3, -0.25) is 0 Å². The predicted octanol–water partition coefficient (Wildman–Crippen LogP) is -11.0. The summed E-state index contributed by atoms with van der Waals surface area (Å²) in [5.41, 5.74) is 0. The molecule has 0 amide bonds. The Kier molecular flexibility index (Phi) is 62.0. The second-order valence-electron chi connectivity index (χ2n) is 0.500. The van der Waals surface area contributed by atoms with Crippen molar-refractivity contribution in [2.75, 3.05) is 0 Å². The van der Waals surface area contributed by atoms with Gasteiger partial charge in [-0.1, -0.05) is 0 Å². The molecule has 0 spiro atoms. The Morgan fingerprint density at radius 3 is 0.727 bits per heavy atom. The molecule has 0 N–H and O–H groups in total. The van der Waals surface area contributed by atoms with Crippen molar-refractivity contribution in [3.8, 4) is 0 Å². The van der Waals surface area contributed by atoms with Gasteiger partial charge < -0.3 is 0 Å². The Morgan fingerprint density at radius 2 is 0.727 bits per heavy atom. The third kappa shape index (κ3) is 151. The van der Waals surface area contributed by atoms with Crippen LogP contribution in [-0.4, -0.2) is 0 Å². The molecule has 0 heterocycles. The molecule has 11 heteroatoms. The summed E-state index contributed by atoms with van der Waals surface area (Å²) in [5.74, 6) is 0. The van der Waals surface area contributed by atoms with E-state index >= 15 is 0 Å². The molecule has 0 atom stereocenters. The Bertz CT molecular complexity index is 76.6. The minimum absolute atomic E-state index is 0. The van der Waals surface area contributed by atoms with Gasteiger partial charge in [-0.05, 0) is 0 Å². The first kappa shape index (κ1) is 29.3. The van der Waals surface area contributed by atoms with E-state index in [2.05, 4.69) is 0 Å². The van der Waals surface area contributed by atoms with Crippen LogP contribution in [0.5, 0.6) is 0 Å². The first-order chi connectivity index (χ1) is 3.46. The van der Waals surface area contributed by atoms with Gasteiger partial charge in [-0.25, -0.2) is 0 Å². The molecule has 0 fully saturated rings. The van der Waals surface area contributed by atoms with Crippen molar-refractivity contribution in [3.05, 3.63) is 0 Å². The normalized spacial score (nSPS) is 4.73. The SMILES string of the molecule is [Cu+2].[Na+].[Na+].[O]=[Ti]([O-])[O-].[O]=[Ti]([O-])[O-]. The van der Waals surface area contributed by atoms with E-state index in [9.17, 15) is 0 Å². The molecule has 0 aromatic rings. The van der Waals surface area contributed by atoms with Crippen LogP contribution in [0.3, 0.4) is 0 Å². The van der Waals surface area contributed by atoms with Crippen molar-refractivity contribution in [2.45, 2.75) is 0 Å². The van der Waals surface area contributed by atoms with Crippen LogP contribution in [-0.2, 0) is 61.0 Å². The molecule has 0 rings (SSSR count). The van der Waals surface area contributed by atoms with Gasteiger partial charge in [0.05, 0.1) is 0 Å². The summed E-state index contributed by atoms with van der Waals surface area (Å²) in [6.07, 6.45) is 0. The fourth-order valence-electron chi connectivity index (χ4n) is 0. The second kappa shape index (κ2) is 23.3. The third-order valence-electron chi connectivity index (χ3n) is 0. The first-order valence-electron chi connectivity index (χ1n) is 1.22. The van der Waals surface area contributed by atoms with Gasteiger partial charge in [0.25, 0.3) is 0 Å². The van der Waals surface area contributed by atoms with E-state index in [1.165, 1.54) is 0 Å². The molecule has 0 aromatic heterocycles. The fraction of sp³-hybridized carbons (Fsp3) is 0. The van der Waals surface area contributed by atoms with Gasteiger partial charge in [0.2, 0.25) is 0 Å². The summed E-state index contributed by atoms with van der Waals surface area (Å²) in [5, 5.41) is 0. The van der Waals surface area contributed by atoms with Crippen molar-refractivity contribution in [2.24, 2.45) is 0 Å². The molecular weight excluding hydrogens is 301 g/mol. The monoisotopic (exact) mass is 301 g/mol. The van der Waals surface area contributed by atoms with Crippen LogP contribution >= 0.6 is 0 Å². The molecule has 0 aliphatic heterocycles. The van der Waals surface area contributed by atoms with E-state index in [0.29, 0.717) is 0 Å². The van der Waals surface area contributed by atoms with E-state index < -0.39 is 37.2 Å². The first-order valence-corrected chi connectivity index (χ1v) is 5.05. The molecule has 1 radical (unpaired) electrons. The molecule has 0 unspecified atom stereocenters. The van der Waals surface area contributed by atoms with Crippen LogP contribution < -0.4 is 73.9 Å². The van der Waals surface area contributed by atoms with Crippen molar-refractivity contribution >= 4 is 0 Å². The molecule has 0 aromatic carbocycles. The molecule has 0 saturated carbocycles. The molecule has 0 bridgehead atoms. The average Bonchev–Trinajstić information content (AvgIpc) is 1.25. The van der Waals surface area contributed by atoms with Crippen molar-refractivity contribution in [1.82, 2.24) is 0 Å². The number of rotatable bonds is 0. The van der Waals surface area contributed by atoms with Crippen LogP contribution in [0.15, 0.2) is 0 Å². The maximum absolute atomic E-state index is 8.58. The van der Waals surface area contributed by atoms with E-state index in [0.717, 1.165) is 0 Å². The molecule has 0 saturated heterocycles. The summed E-state index contributed by atoms with van der Waals surface area (Å²) in [6.45, 7) is 0. The summed E-state index contributed by atoms with van der Waals surface area (Å²) in [6, 6.07) is 0. The topological polar surface area (TPSA) is 126 Å². The summed E-state index contributed by atoms with van der Waals surface area (Å²) in [7, 11) is 0. The number of hydrogen-bond acceptors (Lipinski definition) is 6. The van der Waals surface area contributed by atoms with Gasteiger partial charge in [0.15, 0.2) is 0 Å². The summed E-state index contributed by atoms with van der Waals surface area (Å²) >= 11 is -8.17. The van der Waals surface area contributed by atoms with Crippen molar-refractivity contribution in [1.29, 1.82) is 0 Å². The quantitative estimate of drug-likeness (QED) is 0.409. The van der Waals surface area contributed by atoms with Crippen LogP contribution in [0.1, 0.15) is 0 Å². The zero-order chi connectivity index (χ0) is 7.15. The van der Waals surface area contributed by atoms with Crippen molar-refractivity contribution < 1.29 is 135 Å². The zero-order valence-corrected chi connectivity index (χ0v) is 13.8. The molecule has 0 aliphatic rings. The van der Waals surface area contributed by atoms with Crippen LogP contribution in [0.4, 0.5) is 0 Å². The van der Waals surface area contributed by atoms with E-state index in [1.807, 2.05) is 0 Å². The Hall–Kier alpha value is 3.39. The second-order valence-corrected chi connectivity index (χ2v) is 2.06. The van der Waals surface area contributed by atoms with Crippen LogP contribution in [0.25, 0.3) is 0 Å². The zero-order valence-electron chi connectivity index (χ0n) is 5.75. The van der Waals surface area contributed by atoms with Gasteiger partial charge >= 0.3 is 135 Å². The predicted molar refractivity (Wildman–Crippen MR) is 1.37 cm³/mol. The Balaban J connectivity index is -0.0000000171. The third-order valence-corrected chi connectivity index (χ3v) is 0. The van der Waals surface area contributed by atoms with E-state index in [1.54, 1.807) is 0 Å². The van der Waals surface area contributed by atoms with Crippen LogP contribution in [0, 0.1) is 0 Å². The summed E-state index contributed by atoms with van der Waals surface area (Å²) < 4.78 is 51.5. The maximum atomic E-state index is 8.58. The Morgan fingerprint density at radius 1 is 0.727 bits per heavy atom. The van der Waals surface area contributed by atoms with Crippen molar-refractivity contribution in [3.63, 3.8) is 0 Å². The van der Waals surface area contributed by atoms with Crippen LogP contribution in [0.2, 0.25) is 0 Å². The van der Waals surface area contributed by atoms with Gasteiger partial charge in [0, 0.05) is 0 Å². The fourth-order valence-corrected chi connectivity index (χ4v) is 0. The average molecular weight is 301 g/mol. The molecular formula is CuNa2O6Ti2. The van der Waals surface area contributed by atoms with Gasteiger partial charge in [-0.2, -0.15) is 0 Å². The van der Waals surface area contributed by atoms with Gasteiger partial charge in [0.1, 0.15) is 0 Å². The summed E-state index contributed by atoms with van der Waals surface area (Å²) in [4.78, 5) is 0. The van der Waals surface area contributed by atoms with E-state index in [-0.39, 0.29) is 76.2 Å². The van der Waals surface area contributed by atoms with E-state index in [4.69, 9.17) is 21.4 Å². The Labute approximate surface area is 132 Å². The van der Waals surface area contributed by atoms with Gasteiger partial charge in [-0.15, -0.1) is 0 Å². The molecule has 6 nitrogen and oxygen atoms in total. The standard InChI is InChI=1S/Cu.2Na.6O.2Ti/q+2;2*+1;;;4*-1;;. The number of hydrogen-bond donors (Lipinski definition) is 0. The minimum atomic E-state index is -4.08. The molecule has 0 aliphatic carbocycles. The molecule has 11 heavy (non-hydrogen) atoms. The molecule has 57 valence electrons.